The zero-order chi connectivity index (χ0) is 13.3. The molecule has 0 saturated carbocycles. The van der Waals surface area contributed by atoms with E-state index in [0.717, 1.165) is 17.2 Å². The van der Waals surface area contributed by atoms with Gasteiger partial charge in [-0.15, -0.1) is 0 Å². The lowest BCUT2D eigenvalue weighted by Crippen LogP contribution is -2.32. The van der Waals surface area contributed by atoms with Gasteiger partial charge in [0.05, 0.1) is 4.90 Å². The number of hydrogen-bond acceptors (Lipinski definition) is 3. The first-order valence-corrected chi connectivity index (χ1v) is 10.2. The van der Waals surface area contributed by atoms with Gasteiger partial charge in [-0.05, 0) is 56.2 Å². The predicted octanol–water partition coefficient (Wildman–Crippen LogP) is 3.23. The van der Waals surface area contributed by atoms with Gasteiger partial charge in [0.15, 0.2) is 0 Å². The summed E-state index contributed by atoms with van der Waals surface area (Å²) in [6, 6.07) is 6.03. The summed E-state index contributed by atoms with van der Waals surface area (Å²) in [6.07, 6.45) is 0. The van der Waals surface area contributed by atoms with Crippen molar-refractivity contribution in [1.29, 1.82) is 0 Å². The molecule has 0 aromatic heterocycles. The second-order valence-corrected chi connectivity index (χ2v) is 11.2. The van der Waals surface area contributed by atoms with E-state index in [4.69, 9.17) is 3.87 Å². The van der Waals surface area contributed by atoms with Crippen LogP contribution in [0.25, 0.3) is 0 Å². The van der Waals surface area contributed by atoms with Crippen molar-refractivity contribution in [2.75, 3.05) is 0 Å². The number of aryl methyl sites for hydroxylation is 2. The van der Waals surface area contributed by atoms with E-state index in [1.807, 2.05) is 39.9 Å². The number of rotatable bonds is 4. The van der Waals surface area contributed by atoms with E-state index in [1.54, 1.807) is 12.1 Å². The molecule has 0 fully saturated rings. The van der Waals surface area contributed by atoms with E-state index in [1.165, 1.54) is 0 Å². The monoisotopic (exact) mass is 272 g/mol. The zero-order valence-corrected chi connectivity index (χ0v) is 12.9. The summed E-state index contributed by atoms with van der Waals surface area (Å²) in [6.45, 7) is 9.55. The summed E-state index contributed by atoms with van der Waals surface area (Å²) in [4.78, 5) is 0.268. The summed E-state index contributed by atoms with van der Waals surface area (Å²) in [5, 5.41) is 0. The molecule has 0 heterocycles. The van der Waals surface area contributed by atoms with E-state index < -0.39 is 18.4 Å². The zero-order valence-electron chi connectivity index (χ0n) is 11.1. The largest absolute Gasteiger partial charge is 0.312 e. The highest BCUT2D eigenvalue weighted by molar-refractivity contribution is 7.87. The second kappa shape index (κ2) is 4.92. The topological polar surface area (TPSA) is 43.4 Å². The van der Waals surface area contributed by atoms with Gasteiger partial charge in [-0.1, -0.05) is 13.0 Å². The van der Waals surface area contributed by atoms with Gasteiger partial charge in [0.25, 0.3) is 10.1 Å². The average molecular weight is 272 g/mol. The number of hydrogen-bond donors (Lipinski definition) is 0. The van der Waals surface area contributed by atoms with Crippen LogP contribution in [0.1, 0.15) is 18.1 Å². The van der Waals surface area contributed by atoms with Crippen LogP contribution in [-0.4, -0.2) is 16.7 Å². The summed E-state index contributed by atoms with van der Waals surface area (Å²) in [7, 11) is -5.73. The highest BCUT2D eigenvalue weighted by atomic mass is 32.2. The Labute approximate surface area is 105 Å². The van der Waals surface area contributed by atoms with E-state index in [0.29, 0.717) is 0 Å². The van der Waals surface area contributed by atoms with Crippen molar-refractivity contribution < 1.29 is 12.3 Å². The molecule has 1 rings (SSSR count). The summed E-state index contributed by atoms with van der Waals surface area (Å²) < 4.78 is 29.6. The summed E-state index contributed by atoms with van der Waals surface area (Å²) >= 11 is 0. The minimum Gasteiger partial charge on any atom is -0.312 e. The van der Waals surface area contributed by atoms with Crippen molar-refractivity contribution in [2.24, 2.45) is 0 Å². The molecule has 3 nitrogen and oxygen atoms in total. The Morgan fingerprint density at radius 2 is 1.59 bits per heavy atom. The molecule has 96 valence electrons. The molecule has 0 spiro atoms. The molecule has 1 aromatic rings. The maximum atomic E-state index is 12.1. The van der Waals surface area contributed by atoms with E-state index >= 15 is 0 Å². The lowest BCUT2D eigenvalue weighted by molar-refractivity contribution is 0.482. The van der Waals surface area contributed by atoms with Crippen LogP contribution in [0.5, 0.6) is 0 Å². The lowest BCUT2D eigenvalue weighted by atomic mass is 10.2. The van der Waals surface area contributed by atoms with Crippen molar-refractivity contribution in [3.8, 4) is 0 Å². The SMILES string of the molecule is CC[Si](C)(C)OS(=O)(=O)c1cc(C)cc(C)c1. The van der Waals surface area contributed by atoms with Crippen LogP contribution >= 0.6 is 0 Å². The van der Waals surface area contributed by atoms with Gasteiger partial charge in [-0.25, -0.2) is 0 Å². The van der Waals surface area contributed by atoms with Gasteiger partial charge in [0.2, 0.25) is 8.32 Å². The Kier molecular flexibility index (Phi) is 4.17. The average Bonchev–Trinajstić information content (AvgIpc) is 2.14. The van der Waals surface area contributed by atoms with Gasteiger partial charge in [-0.2, -0.15) is 8.42 Å². The fourth-order valence-corrected chi connectivity index (χ4v) is 5.37. The van der Waals surface area contributed by atoms with Crippen molar-refractivity contribution in [3.05, 3.63) is 29.3 Å². The molecule has 0 N–H and O–H groups in total. The van der Waals surface area contributed by atoms with Crippen LogP contribution in [0.15, 0.2) is 23.1 Å². The molecule has 0 amide bonds. The van der Waals surface area contributed by atoms with Crippen LogP contribution in [0, 0.1) is 13.8 Å². The predicted molar refractivity (Wildman–Crippen MR) is 72.1 cm³/mol. The van der Waals surface area contributed by atoms with Crippen molar-refractivity contribution >= 4 is 18.4 Å². The minimum atomic E-state index is -3.61. The Morgan fingerprint density at radius 1 is 1.12 bits per heavy atom. The Balaban J connectivity index is 3.14. The standard InChI is InChI=1S/C12H20O3SSi/c1-6-17(4,5)15-16(13,14)12-8-10(2)7-11(3)9-12/h7-9H,6H2,1-5H3. The molecular formula is C12H20O3SSi. The minimum absolute atomic E-state index is 0.268. The lowest BCUT2D eigenvalue weighted by Gasteiger charge is -2.20. The number of benzene rings is 1. The summed E-state index contributed by atoms with van der Waals surface area (Å²) in [5.41, 5.74) is 1.87. The van der Waals surface area contributed by atoms with Gasteiger partial charge in [0.1, 0.15) is 0 Å². The van der Waals surface area contributed by atoms with E-state index in [2.05, 4.69) is 0 Å². The van der Waals surface area contributed by atoms with Crippen LogP contribution < -0.4 is 0 Å². The van der Waals surface area contributed by atoms with Crippen LogP contribution in [0.3, 0.4) is 0 Å². The molecule has 0 radical (unpaired) electrons. The highest BCUT2D eigenvalue weighted by Crippen LogP contribution is 2.22. The fourth-order valence-electron chi connectivity index (χ4n) is 1.48. The van der Waals surface area contributed by atoms with E-state index in [-0.39, 0.29) is 4.90 Å². The normalized spacial score (nSPS) is 12.8. The summed E-state index contributed by atoms with van der Waals surface area (Å²) in [5.74, 6) is 0. The Hall–Kier alpha value is -0.653. The molecule has 1 aromatic carbocycles. The van der Waals surface area contributed by atoms with Crippen LogP contribution in [0.4, 0.5) is 0 Å². The molecular weight excluding hydrogens is 252 g/mol. The molecule has 0 atom stereocenters. The molecule has 0 aliphatic rings. The molecule has 0 unspecified atom stereocenters. The first-order chi connectivity index (χ1) is 7.66. The van der Waals surface area contributed by atoms with E-state index in [9.17, 15) is 8.42 Å². The first-order valence-electron chi connectivity index (χ1n) is 5.70. The van der Waals surface area contributed by atoms with Gasteiger partial charge in [0, 0.05) is 0 Å². The fraction of sp³-hybridized carbons (Fsp3) is 0.500. The molecule has 0 aliphatic carbocycles. The first kappa shape index (κ1) is 14.4. The van der Waals surface area contributed by atoms with Crippen molar-refractivity contribution in [1.82, 2.24) is 0 Å². The molecule has 0 aliphatic heterocycles. The maximum Gasteiger partial charge on any atom is 0.287 e. The quantitative estimate of drug-likeness (QED) is 0.790. The van der Waals surface area contributed by atoms with Gasteiger partial charge >= 0.3 is 0 Å². The second-order valence-electron chi connectivity index (χ2n) is 4.97. The molecule has 5 heteroatoms. The van der Waals surface area contributed by atoms with Crippen LogP contribution in [-0.2, 0) is 14.0 Å². The Morgan fingerprint density at radius 3 is 2.00 bits per heavy atom. The third kappa shape index (κ3) is 3.94. The van der Waals surface area contributed by atoms with Crippen LogP contribution in [0.2, 0.25) is 19.1 Å². The third-order valence-corrected chi connectivity index (χ3v) is 7.87. The smallest absolute Gasteiger partial charge is 0.287 e. The van der Waals surface area contributed by atoms with Gasteiger partial charge < -0.3 is 3.87 Å². The third-order valence-electron chi connectivity index (χ3n) is 2.67. The Bertz CT molecular complexity index is 486. The molecule has 0 bridgehead atoms. The van der Waals surface area contributed by atoms with Gasteiger partial charge in [-0.3, -0.25) is 0 Å². The van der Waals surface area contributed by atoms with Crippen molar-refractivity contribution in [2.45, 2.75) is 44.8 Å². The maximum absolute atomic E-state index is 12.1. The molecule has 17 heavy (non-hydrogen) atoms. The highest BCUT2D eigenvalue weighted by Gasteiger charge is 2.29. The van der Waals surface area contributed by atoms with Crippen molar-refractivity contribution in [3.63, 3.8) is 0 Å². The molecule has 0 saturated heterocycles.